The maximum absolute atomic E-state index is 11.5. The summed E-state index contributed by atoms with van der Waals surface area (Å²) in [5.74, 6) is 1.56. The third kappa shape index (κ3) is 6.11. The van der Waals surface area contributed by atoms with Crippen LogP contribution in [-0.4, -0.2) is 22.3 Å². The van der Waals surface area contributed by atoms with Crippen molar-refractivity contribution in [3.8, 4) is 6.07 Å². The molecule has 82 valence electrons. The average Bonchev–Trinajstić information content (AvgIpc) is 2.15. The minimum atomic E-state index is -0.829. The van der Waals surface area contributed by atoms with Gasteiger partial charge in [-0.15, -0.1) is 0 Å². The van der Waals surface area contributed by atoms with Crippen molar-refractivity contribution >= 4 is 10.8 Å². The summed E-state index contributed by atoms with van der Waals surface area (Å²) in [4.78, 5) is 0. The third-order valence-electron chi connectivity index (χ3n) is 2.13. The van der Waals surface area contributed by atoms with Gasteiger partial charge in [-0.3, -0.25) is 4.21 Å². The average molecular weight is 216 g/mol. The quantitative estimate of drug-likeness (QED) is 0.727. The maximum Gasteiger partial charge on any atom is 0.0684 e. The smallest absolute Gasteiger partial charge is 0.0684 e. The van der Waals surface area contributed by atoms with Gasteiger partial charge in [-0.2, -0.15) is 5.26 Å². The lowest BCUT2D eigenvalue weighted by molar-refractivity contribution is 0.478. The van der Waals surface area contributed by atoms with E-state index in [-0.39, 0.29) is 5.41 Å². The molecule has 0 saturated carbocycles. The Balaban J connectivity index is 3.82. The highest BCUT2D eigenvalue weighted by atomic mass is 32.2. The van der Waals surface area contributed by atoms with Crippen molar-refractivity contribution in [1.82, 2.24) is 0 Å². The molecule has 0 aliphatic heterocycles. The monoisotopic (exact) mass is 216 g/mol. The van der Waals surface area contributed by atoms with Crippen LogP contribution in [0.4, 0.5) is 0 Å². The molecule has 0 aliphatic rings. The number of nitriles is 1. The first-order valence-corrected chi connectivity index (χ1v) is 6.36. The Morgan fingerprint density at radius 2 is 2.14 bits per heavy atom. The molecule has 3 nitrogen and oxygen atoms in total. The van der Waals surface area contributed by atoms with E-state index in [9.17, 15) is 4.21 Å². The number of nitrogens with two attached hydrogens (primary N) is 1. The molecule has 0 aromatic heterocycles. The Kier molecular flexibility index (Phi) is 5.98. The summed E-state index contributed by atoms with van der Waals surface area (Å²) in [6, 6.07) is 2.20. The molecule has 4 heteroatoms. The molecule has 2 N–H and O–H groups in total. The molecule has 0 fully saturated rings. The standard InChI is InChI=1S/C10H20N2OS/c1-9(6-11)7-14(13)5-4-10(2,3)8-12/h9H,4-7,11H2,1-3H3. The van der Waals surface area contributed by atoms with Crippen LogP contribution in [0.1, 0.15) is 27.2 Å². The molecule has 0 rings (SSSR count). The first-order valence-electron chi connectivity index (χ1n) is 4.87. The number of rotatable bonds is 6. The maximum atomic E-state index is 11.5. The minimum Gasteiger partial charge on any atom is -0.330 e. The highest BCUT2D eigenvalue weighted by Crippen LogP contribution is 2.18. The normalized spacial score (nSPS) is 15.9. The number of hydrogen-bond donors (Lipinski definition) is 1. The van der Waals surface area contributed by atoms with Crippen LogP contribution in [0, 0.1) is 22.7 Å². The Hall–Kier alpha value is -0.400. The molecule has 0 aromatic rings. The van der Waals surface area contributed by atoms with Crippen LogP contribution in [0.5, 0.6) is 0 Å². The summed E-state index contributed by atoms with van der Waals surface area (Å²) < 4.78 is 11.5. The van der Waals surface area contributed by atoms with Gasteiger partial charge in [0.05, 0.1) is 11.5 Å². The predicted octanol–water partition coefficient (Wildman–Crippen LogP) is 1.27. The molecule has 0 aromatic carbocycles. The van der Waals surface area contributed by atoms with Crippen LogP contribution in [-0.2, 0) is 10.8 Å². The Morgan fingerprint density at radius 1 is 1.57 bits per heavy atom. The van der Waals surface area contributed by atoms with Crippen molar-refractivity contribution in [2.24, 2.45) is 17.1 Å². The molecular formula is C10H20N2OS. The molecule has 2 atom stereocenters. The zero-order valence-corrected chi connectivity index (χ0v) is 10.1. The van der Waals surface area contributed by atoms with Gasteiger partial charge in [0.1, 0.15) is 0 Å². The van der Waals surface area contributed by atoms with Gasteiger partial charge in [-0.1, -0.05) is 6.92 Å². The van der Waals surface area contributed by atoms with Crippen LogP contribution in [0.15, 0.2) is 0 Å². The van der Waals surface area contributed by atoms with Gasteiger partial charge in [0, 0.05) is 22.3 Å². The van der Waals surface area contributed by atoms with E-state index >= 15 is 0 Å². The fourth-order valence-electron chi connectivity index (χ4n) is 0.894. The lowest BCUT2D eigenvalue weighted by Gasteiger charge is -2.15. The van der Waals surface area contributed by atoms with Crippen molar-refractivity contribution in [2.75, 3.05) is 18.1 Å². The van der Waals surface area contributed by atoms with Gasteiger partial charge in [0.15, 0.2) is 0 Å². The van der Waals surface area contributed by atoms with Crippen molar-refractivity contribution in [2.45, 2.75) is 27.2 Å². The summed E-state index contributed by atoms with van der Waals surface area (Å²) in [5.41, 5.74) is 5.08. The van der Waals surface area contributed by atoms with Crippen LogP contribution in [0.2, 0.25) is 0 Å². The van der Waals surface area contributed by atoms with Gasteiger partial charge >= 0.3 is 0 Å². The van der Waals surface area contributed by atoms with Crippen LogP contribution in [0.3, 0.4) is 0 Å². The van der Waals surface area contributed by atoms with Gasteiger partial charge in [-0.05, 0) is 32.7 Å². The van der Waals surface area contributed by atoms with Crippen molar-refractivity contribution in [1.29, 1.82) is 5.26 Å². The van der Waals surface area contributed by atoms with E-state index in [0.717, 1.165) is 0 Å². The van der Waals surface area contributed by atoms with Gasteiger partial charge < -0.3 is 5.73 Å². The molecule has 2 unspecified atom stereocenters. The van der Waals surface area contributed by atoms with Gasteiger partial charge in [0.25, 0.3) is 0 Å². The largest absolute Gasteiger partial charge is 0.330 e. The lowest BCUT2D eigenvalue weighted by Crippen LogP contribution is -2.21. The molecule has 0 aliphatic carbocycles. The molecule has 0 heterocycles. The summed E-state index contributed by atoms with van der Waals surface area (Å²) in [6.45, 7) is 6.31. The summed E-state index contributed by atoms with van der Waals surface area (Å²) in [7, 11) is -0.829. The zero-order chi connectivity index (χ0) is 11.2. The van der Waals surface area contributed by atoms with Crippen molar-refractivity contribution in [3.05, 3.63) is 0 Å². The second kappa shape index (κ2) is 6.15. The second-order valence-corrected chi connectivity index (χ2v) is 6.02. The minimum absolute atomic E-state index is 0.307. The van der Waals surface area contributed by atoms with E-state index in [2.05, 4.69) is 6.07 Å². The molecule has 0 bridgehead atoms. The van der Waals surface area contributed by atoms with Crippen LogP contribution < -0.4 is 5.73 Å². The van der Waals surface area contributed by atoms with Crippen LogP contribution in [0.25, 0.3) is 0 Å². The zero-order valence-electron chi connectivity index (χ0n) is 9.25. The molecule has 0 saturated heterocycles. The van der Waals surface area contributed by atoms with E-state index in [1.54, 1.807) is 0 Å². The number of hydrogen-bond acceptors (Lipinski definition) is 3. The highest BCUT2D eigenvalue weighted by Gasteiger charge is 2.18. The van der Waals surface area contributed by atoms with E-state index < -0.39 is 10.8 Å². The lowest BCUT2D eigenvalue weighted by atomic mass is 9.93. The van der Waals surface area contributed by atoms with E-state index in [1.165, 1.54) is 0 Å². The Bertz CT molecular complexity index is 233. The summed E-state index contributed by atoms with van der Waals surface area (Å²) in [6.07, 6.45) is 0.688. The van der Waals surface area contributed by atoms with Gasteiger partial charge in [-0.25, -0.2) is 0 Å². The van der Waals surface area contributed by atoms with E-state index in [4.69, 9.17) is 11.0 Å². The third-order valence-corrected chi connectivity index (χ3v) is 3.73. The molecule has 0 amide bonds. The Labute approximate surface area is 89.1 Å². The Morgan fingerprint density at radius 3 is 2.57 bits per heavy atom. The van der Waals surface area contributed by atoms with Gasteiger partial charge in [0.2, 0.25) is 0 Å². The fraction of sp³-hybridized carbons (Fsp3) is 0.900. The van der Waals surface area contributed by atoms with E-state index in [0.29, 0.717) is 30.4 Å². The molecule has 0 spiro atoms. The van der Waals surface area contributed by atoms with Crippen molar-refractivity contribution < 1.29 is 4.21 Å². The fourth-order valence-corrected chi connectivity index (χ4v) is 2.57. The molecule has 14 heavy (non-hydrogen) atoms. The number of nitrogens with zero attached hydrogens (tertiary/aromatic N) is 1. The first-order chi connectivity index (χ1) is 6.41. The topological polar surface area (TPSA) is 66.9 Å². The van der Waals surface area contributed by atoms with Crippen molar-refractivity contribution in [3.63, 3.8) is 0 Å². The van der Waals surface area contributed by atoms with E-state index in [1.807, 2.05) is 20.8 Å². The highest BCUT2D eigenvalue weighted by molar-refractivity contribution is 7.84. The molecule has 0 radical (unpaired) electrons. The second-order valence-electron chi connectivity index (χ2n) is 4.40. The predicted molar refractivity (Wildman–Crippen MR) is 60.1 cm³/mol. The van der Waals surface area contributed by atoms with Crippen LogP contribution >= 0.6 is 0 Å². The first kappa shape index (κ1) is 13.6. The summed E-state index contributed by atoms with van der Waals surface area (Å²) >= 11 is 0. The molecular weight excluding hydrogens is 196 g/mol. The summed E-state index contributed by atoms with van der Waals surface area (Å²) in [5, 5.41) is 8.77. The SMILES string of the molecule is CC(CN)CS(=O)CCC(C)(C)C#N.